The molecule has 0 aliphatic carbocycles. The van der Waals surface area contributed by atoms with Crippen molar-refractivity contribution in [2.45, 2.75) is 6.92 Å². The summed E-state index contributed by atoms with van der Waals surface area (Å²) in [7, 11) is 0. The van der Waals surface area contributed by atoms with E-state index >= 15 is 0 Å². The summed E-state index contributed by atoms with van der Waals surface area (Å²) in [5.41, 5.74) is 4.42. The highest BCUT2D eigenvalue weighted by molar-refractivity contribution is 6.25. The van der Waals surface area contributed by atoms with Gasteiger partial charge in [-0.1, -0.05) is 54.6 Å². The third kappa shape index (κ3) is 3.79. The monoisotopic (exact) mass is 458 g/mol. The van der Waals surface area contributed by atoms with E-state index in [-0.39, 0.29) is 0 Å². The molecule has 0 saturated heterocycles. The Morgan fingerprint density at radius 1 is 0.781 bits per heavy atom. The van der Waals surface area contributed by atoms with Gasteiger partial charge in [-0.15, -0.1) is 23.2 Å². The molecule has 0 unspecified atom stereocenters. The summed E-state index contributed by atoms with van der Waals surface area (Å²) in [5.74, 6) is 1.15. The molecule has 160 valence electrons. The van der Waals surface area contributed by atoms with E-state index in [9.17, 15) is 0 Å². The van der Waals surface area contributed by atoms with Gasteiger partial charge in [-0.3, -0.25) is 4.99 Å². The van der Waals surface area contributed by atoms with Crippen LogP contribution in [0, 0.1) is 6.92 Å². The number of rotatable bonds is 7. The first kappa shape index (κ1) is 21.1. The predicted octanol–water partition coefficient (Wildman–Crippen LogP) is 7.93. The van der Waals surface area contributed by atoms with Gasteiger partial charge in [0.2, 0.25) is 0 Å². The van der Waals surface area contributed by atoms with Crippen LogP contribution in [0.3, 0.4) is 0 Å². The quantitative estimate of drug-likeness (QED) is 0.137. The number of hydrogen-bond donors (Lipinski definition) is 0. The minimum absolute atomic E-state index is 0.577. The standard InChI is InChI=1S/C28H24Cl2N2/c1-19-17-24(32(15-13-29)16-14-30)10-7-23(19)18-31-26-12-9-22-6-5-20-3-2-4-21-8-11-25(26)28(22)27(20)21/h2-12,17-18H,13-16H2,1H3. The van der Waals surface area contributed by atoms with Crippen molar-refractivity contribution in [3.63, 3.8) is 0 Å². The molecule has 0 aliphatic rings. The molecule has 5 aromatic carbocycles. The van der Waals surface area contributed by atoms with Crippen molar-refractivity contribution in [3.8, 4) is 0 Å². The number of nitrogens with zero attached hydrogens (tertiary/aromatic N) is 2. The molecule has 32 heavy (non-hydrogen) atoms. The van der Waals surface area contributed by atoms with Crippen LogP contribution in [0.5, 0.6) is 0 Å². The number of halogens is 2. The van der Waals surface area contributed by atoms with Gasteiger partial charge in [0.1, 0.15) is 0 Å². The summed E-state index contributed by atoms with van der Waals surface area (Å²) in [6.07, 6.45) is 1.97. The fraction of sp³-hybridized carbons (Fsp3) is 0.179. The van der Waals surface area contributed by atoms with Crippen LogP contribution in [0.15, 0.2) is 77.8 Å². The molecule has 0 atom stereocenters. The highest BCUT2D eigenvalue weighted by Crippen LogP contribution is 2.38. The average Bonchev–Trinajstić information content (AvgIpc) is 2.82. The number of alkyl halides is 2. The molecule has 0 heterocycles. The van der Waals surface area contributed by atoms with Crippen molar-refractivity contribution in [1.29, 1.82) is 0 Å². The van der Waals surface area contributed by atoms with Gasteiger partial charge in [0.05, 0.1) is 5.69 Å². The molecule has 0 radical (unpaired) electrons. The maximum Gasteiger partial charge on any atom is 0.0708 e. The fourth-order valence-corrected chi connectivity index (χ4v) is 4.96. The summed E-state index contributed by atoms with van der Waals surface area (Å²) < 4.78 is 0. The second kappa shape index (κ2) is 8.97. The van der Waals surface area contributed by atoms with Crippen LogP contribution in [0.25, 0.3) is 32.3 Å². The van der Waals surface area contributed by atoms with Crippen molar-refractivity contribution in [1.82, 2.24) is 0 Å². The van der Waals surface area contributed by atoms with Crippen LogP contribution in [0.4, 0.5) is 11.4 Å². The van der Waals surface area contributed by atoms with Crippen molar-refractivity contribution in [3.05, 3.63) is 83.9 Å². The summed E-state index contributed by atoms with van der Waals surface area (Å²) in [5, 5.41) is 7.59. The van der Waals surface area contributed by atoms with E-state index in [0.717, 1.165) is 30.0 Å². The number of hydrogen-bond acceptors (Lipinski definition) is 2. The molecule has 0 aromatic heterocycles. The summed E-state index contributed by atoms with van der Waals surface area (Å²) in [4.78, 5) is 7.13. The summed E-state index contributed by atoms with van der Waals surface area (Å²) in [6, 6.07) is 26.0. The van der Waals surface area contributed by atoms with Crippen LogP contribution in [0.2, 0.25) is 0 Å². The third-order valence-electron chi connectivity index (χ3n) is 6.18. The maximum atomic E-state index is 5.97. The minimum atomic E-state index is 0.577. The largest absolute Gasteiger partial charge is 0.369 e. The first-order valence-corrected chi connectivity index (χ1v) is 11.9. The molecule has 0 bridgehead atoms. The Hall–Kier alpha value is -2.81. The molecule has 4 heteroatoms. The smallest absolute Gasteiger partial charge is 0.0708 e. The van der Waals surface area contributed by atoms with Crippen molar-refractivity contribution < 1.29 is 0 Å². The molecular formula is C28H24Cl2N2. The molecule has 5 rings (SSSR count). The lowest BCUT2D eigenvalue weighted by Gasteiger charge is -2.23. The van der Waals surface area contributed by atoms with E-state index in [1.807, 2.05) is 6.21 Å². The third-order valence-corrected chi connectivity index (χ3v) is 6.51. The first-order chi connectivity index (χ1) is 15.7. The molecule has 0 amide bonds. The van der Waals surface area contributed by atoms with Crippen LogP contribution < -0.4 is 4.90 Å². The van der Waals surface area contributed by atoms with E-state index in [4.69, 9.17) is 28.2 Å². The van der Waals surface area contributed by atoms with E-state index < -0.39 is 0 Å². The Bertz CT molecular complexity index is 1400. The molecule has 5 aromatic rings. The summed E-state index contributed by atoms with van der Waals surface area (Å²) >= 11 is 11.9. The Labute approximate surface area is 198 Å². The zero-order valence-corrected chi connectivity index (χ0v) is 19.5. The normalized spacial score (nSPS) is 12.0. The van der Waals surface area contributed by atoms with Gasteiger partial charge in [0, 0.05) is 42.1 Å². The van der Waals surface area contributed by atoms with E-state index in [1.165, 1.54) is 37.9 Å². The van der Waals surface area contributed by atoms with Crippen LogP contribution in [-0.4, -0.2) is 31.1 Å². The average molecular weight is 459 g/mol. The Kier molecular flexibility index (Phi) is 5.91. The molecular weight excluding hydrogens is 435 g/mol. The highest BCUT2D eigenvalue weighted by atomic mass is 35.5. The number of anilines is 1. The number of benzene rings is 5. The SMILES string of the molecule is Cc1cc(N(CCCl)CCCl)ccc1C=Nc1ccc2ccc3cccc4ccc1c2c34. The van der Waals surface area contributed by atoms with Gasteiger partial charge in [0.25, 0.3) is 0 Å². The van der Waals surface area contributed by atoms with Crippen LogP contribution >= 0.6 is 23.2 Å². The lowest BCUT2D eigenvalue weighted by atomic mass is 9.93. The van der Waals surface area contributed by atoms with Crippen LogP contribution in [-0.2, 0) is 0 Å². The zero-order valence-electron chi connectivity index (χ0n) is 18.0. The van der Waals surface area contributed by atoms with Gasteiger partial charge < -0.3 is 4.90 Å². The topological polar surface area (TPSA) is 15.6 Å². The van der Waals surface area contributed by atoms with Crippen molar-refractivity contribution in [2.75, 3.05) is 29.7 Å². The Morgan fingerprint density at radius 3 is 2.12 bits per heavy atom. The number of aliphatic imine (C=N–C) groups is 1. The van der Waals surface area contributed by atoms with Crippen LogP contribution in [0.1, 0.15) is 11.1 Å². The van der Waals surface area contributed by atoms with Gasteiger partial charge in [-0.25, -0.2) is 0 Å². The van der Waals surface area contributed by atoms with Crippen molar-refractivity contribution in [2.24, 2.45) is 4.99 Å². The zero-order chi connectivity index (χ0) is 22.1. The molecule has 2 nitrogen and oxygen atoms in total. The fourth-order valence-electron chi connectivity index (χ4n) is 4.55. The lowest BCUT2D eigenvalue weighted by molar-refractivity contribution is 0.873. The molecule has 0 fully saturated rings. The molecule has 0 aliphatic heterocycles. The maximum absolute atomic E-state index is 5.97. The minimum Gasteiger partial charge on any atom is -0.369 e. The van der Waals surface area contributed by atoms with Gasteiger partial charge in [-0.2, -0.15) is 0 Å². The van der Waals surface area contributed by atoms with Gasteiger partial charge >= 0.3 is 0 Å². The second-order valence-electron chi connectivity index (χ2n) is 8.10. The first-order valence-electron chi connectivity index (χ1n) is 10.9. The van der Waals surface area contributed by atoms with Gasteiger partial charge in [0.15, 0.2) is 0 Å². The van der Waals surface area contributed by atoms with E-state index in [1.54, 1.807) is 0 Å². The molecule has 0 N–H and O–H groups in total. The van der Waals surface area contributed by atoms with E-state index in [0.29, 0.717) is 11.8 Å². The highest BCUT2D eigenvalue weighted by Gasteiger charge is 2.11. The molecule has 0 saturated carbocycles. The second-order valence-corrected chi connectivity index (χ2v) is 8.86. The lowest BCUT2D eigenvalue weighted by Crippen LogP contribution is -2.27. The predicted molar refractivity (Wildman–Crippen MR) is 142 cm³/mol. The number of aryl methyl sites for hydroxylation is 1. The summed E-state index contributed by atoms with van der Waals surface area (Å²) in [6.45, 7) is 3.68. The Balaban J connectivity index is 1.54. The van der Waals surface area contributed by atoms with E-state index in [2.05, 4.69) is 84.6 Å². The van der Waals surface area contributed by atoms with Gasteiger partial charge in [-0.05, 0) is 63.2 Å². The molecule has 0 spiro atoms. The van der Waals surface area contributed by atoms with Crippen molar-refractivity contribution >= 4 is 73.1 Å². The Morgan fingerprint density at radius 2 is 1.44 bits per heavy atom.